The van der Waals surface area contributed by atoms with Crippen LogP contribution in [0.3, 0.4) is 0 Å². The van der Waals surface area contributed by atoms with Crippen molar-refractivity contribution in [2.75, 3.05) is 5.32 Å². The Balaban J connectivity index is 1.91. The summed E-state index contributed by atoms with van der Waals surface area (Å²) in [5, 5.41) is 2.96. The fraction of sp³-hybridized carbons (Fsp3) is 0.500. The lowest BCUT2D eigenvalue weighted by atomic mass is 10.00. The van der Waals surface area contributed by atoms with Crippen LogP contribution in [0.1, 0.15) is 31.2 Å². The van der Waals surface area contributed by atoms with Crippen LogP contribution >= 0.6 is 0 Å². The number of aryl methyl sites for hydroxylation is 1. The predicted molar refractivity (Wildman–Crippen MR) is 69.7 cm³/mol. The smallest absolute Gasteiger partial charge is 0.224 e. The van der Waals surface area contributed by atoms with Crippen LogP contribution in [0.2, 0.25) is 0 Å². The summed E-state index contributed by atoms with van der Waals surface area (Å²) in [7, 11) is 0. The van der Waals surface area contributed by atoms with E-state index in [0.717, 1.165) is 30.5 Å². The van der Waals surface area contributed by atoms with Crippen molar-refractivity contribution < 1.29 is 4.79 Å². The molecule has 1 aromatic rings. The lowest BCUT2D eigenvalue weighted by Crippen LogP contribution is -2.28. The summed E-state index contributed by atoms with van der Waals surface area (Å²) >= 11 is 0. The first-order valence-electron chi connectivity index (χ1n) is 6.28. The van der Waals surface area contributed by atoms with Crippen molar-refractivity contribution >= 4 is 11.6 Å². The lowest BCUT2D eigenvalue weighted by Gasteiger charge is -2.15. The highest BCUT2D eigenvalue weighted by molar-refractivity contribution is 5.91. The normalized spacial score (nSPS) is 23.6. The zero-order valence-corrected chi connectivity index (χ0v) is 10.3. The van der Waals surface area contributed by atoms with Gasteiger partial charge in [0.05, 0.1) is 0 Å². The van der Waals surface area contributed by atoms with Gasteiger partial charge < -0.3 is 11.1 Å². The number of anilines is 1. The summed E-state index contributed by atoms with van der Waals surface area (Å²) in [6.45, 7) is 2.00. The van der Waals surface area contributed by atoms with Gasteiger partial charge in [0, 0.05) is 18.2 Å². The molecule has 1 amide bonds. The molecule has 1 saturated carbocycles. The molecule has 0 spiro atoms. The summed E-state index contributed by atoms with van der Waals surface area (Å²) in [5.74, 6) is 0.445. The SMILES string of the molecule is Cc1ccccc1NC(=O)C[C@@H]1CCC[C@H]1N. The Kier molecular flexibility index (Phi) is 3.79. The number of hydrogen-bond acceptors (Lipinski definition) is 2. The molecule has 0 saturated heterocycles. The maximum Gasteiger partial charge on any atom is 0.224 e. The Morgan fingerprint density at radius 2 is 2.18 bits per heavy atom. The Morgan fingerprint density at radius 3 is 2.82 bits per heavy atom. The second-order valence-electron chi connectivity index (χ2n) is 4.92. The first-order valence-corrected chi connectivity index (χ1v) is 6.28. The van der Waals surface area contributed by atoms with E-state index in [0.29, 0.717) is 12.3 Å². The number of carbonyl (C=O) groups is 1. The van der Waals surface area contributed by atoms with E-state index in [1.54, 1.807) is 0 Å². The molecule has 3 heteroatoms. The third-order valence-corrected chi connectivity index (χ3v) is 3.58. The van der Waals surface area contributed by atoms with Gasteiger partial charge in [-0.25, -0.2) is 0 Å². The minimum atomic E-state index is 0.0849. The second kappa shape index (κ2) is 5.32. The van der Waals surface area contributed by atoms with Gasteiger partial charge in [0.25, 0.3) is 0 Å². The summed E-state index contributed by atoms with van der Waals surface area (Å²) in [5.41, 5.74) is 7.97. The van der Waals surface area contributed by atoms with E-state index in [-0.39, 0.29) is 11.9 Å². The first kappa shape index (κ1) is 12.1. The van der Waals surface area contributed by atoms with Crippen molar-refractivity contribution in [1.82, 2.24) is 0 Å². The Morgan fingerprint density at radius 1 is 1.41 bits per heavy atom. The van der Waals surface area contributed by atoms with Crippen molar-refractivity contribution in [2.24, 2.45) is 11.7 Å². The molecule has 17 heavy (non-hydrogen) atoms. The summed E-state index contributed by atoms with van der Waals surface area (Å²) < 4.78 is 0. The number of nitrogens with one attached hydrogen (secondary N) is 1. The second-order valence-corrected chi connectivity index (χ2v) is 4.92. The Hall–Kier alpha value is -1.35. The number of hydrogen-bond donors (Lipinski definition) is 2. The fourth-order valence-electron chi connectivity index (χ4n) is 2.47. The van der Waals surface area contributed by atoms with E-state index < -0.39 is 0 Å². The molecule has 0 bridgehead atoms. The molecule has 0 heterocycles. The Bertz CT molecular complexity index is 403. The van der Waals surface area contributed by atoms with Crippen LogP contribution in [-0.2, 0) is 4.79 Å². The molecule has 3 nitrogen and oxygen atoms in total. The molecule has 1 aliphatic rings. The van der Waals surface area contributed by atoms with Gasteiger partial charge in [-0.3, -0.25) is 4.79 Å². The lowest BCUT2D eigenvalue weighted by molar-refractivity contribution is -0.117. The minimum Gasteiger partial charge on any atom is -0.327 e. The van der Waals surface area contributed by atoms with Gasteiger partial charge in [-0.15, -0.1) is 0 Å². The van der Waals surface area contributed by atoms with Gasteiger partial charge in [0.2, 0.25) is 5.91 Å². The van der Waals surface area contributed by atoms with Crippen LogP contribution in [-0.4, -0.2) is 11.9 Å². The standard InChI is InChI=1S/C14H20N2O/c1-10-5-2-3-8-13(10)16-14(17)9-11-6-4-7-12(11)15/h2-3,5,8,11-12H,4,6-7,9,15H2,1H3,(H,16,17)/t11-,12+/m0/s1. The maximum atomic E-state index is 11.9. The number of para-hydroxylation sites is 1. The minimum absolute atomic E-state index is 0.0849. The van der Waals surface area contributed by atoms with Crippen LogP contribution in [0.5, 0.6) is 0 Å². The van der Waals surface area contributed by atoms with Crippen molar-refractivity contribution in [2.45, 2.75) is 38.6 Å². The number of rotatable bonds is 3. The van der Waals surface area contributed by atoms with E-state index in [4.69, 9.17) is 5.73 Å². The molecule has 0 aliphatic heterocycles. The van der Waals surface area contributed by atoms with Crippen LogP contribution in [0.15, 0.2) is 24.3 Å². The predicted octanol–water partition coefficient (Wildman–Crippen LogP) is 2.45. The van der Waals surface area contributed by atoms with Crippen LogP contribution in [0.4, 0.5) is 5.69 Å². The van der Waals surface area contributed by atoms with Crippen LogP contribution < -0.4 is 11.1 Å². The third kappa shape index (κ3) is 3.07. The van der Waals surface area contributed by atoms with Gasteiger partial charge in [-0.05, 0) is 37.3 Å². The van der Waals surface area contributed by atoms with E-state index in [1.165, 1.54) is 0 Å². The van der Waals surface area contributed by atoms with E-state index >= 15 is 0 Å². The van der Waals surface area contributed by atoms with Crippen LogP contribution in [0, 0.1) is 12.8 Å². The first-order chi connectivity index (χ1) is 8.16. The van der Waals surface area contributed by atoms with Crippen molar-refractivity contribution in [3.8, 4) is 0 Å². The largest absolute Gasteiger partial charge is 0.327 e. The number of carbonyl (C=O) groups excluding carboxylic acids is 1. The summed E-state index contributed by atoms with van der Waals surface area (Å²) in [6.07, 6.45) is 3.85. The molecule has 0 unspecified atom stereocenters. The molecule has 92 valence electrons. The molecule has 1 fully saturated rings. The Labute approximate surface area is 102 Å². The number of nitrogens with two attached hydrogens (primary N) is 1. The fourth-order valence-corrected chi connectivity index (χ4v) is 2.47. The van der Waals surface area contributed by atoms with Crippen molar-refractivity contribution in [3.05, 3.63) is 29.8 Å². The van der Waals surface area contributed by atoms with E-state index in [9.17, 15) is 4.79 Å². The molecule has 0 aromatic heterocycles. The summed E-state index contributed by atoms with van der Waals surface area (Å²) in [6, 6.07) is 8.04. The topological polar surface area (TPSA) is 55.1 Å². The molecule has 1 aliphatic carbocycles. The van der Waals surface area contributed by atoms with Gasteiger partial charge in [-0.2, -0.15) is 0 Å². The average Bonchev–Trinajstić information content (AvgIpc) is 2.68. The average molecular weight is 232 g/mol. The van der Waals surface area contributed by atoms with E-state index in [2.05, 4.69) is 5.32 Å². The molecular formula is C14H20N2O. The van der Waals surface area contributed by atoms with Gasteiger partial charge in [-0.1, -0.05) is 24.6 Å². The highest BCUT2D eigenvalue weighted by Gasteiger charge is 2.26. The summed E-state index contributed by atoms with van der Waals surface area (Å²) in [4.78, 5) is 11.9. The van der Waals surface area contributed by atoms with Gasteiger partial charge in [0.1, 0.15) is 0 Å². The molecule has 0 radical (unpaired) electrons. The monoisotopic (exact) mass is 232 g/mol. The number of benzene rings is 1. The zero-order valence-electron chi connectivity index (χ0n) is 10.3. The third-order valence-electron chi connectivity index (χ3n) is 3.58. The molecule has 1 aromatic carbocycles. The highest BCUT2D eigenvalue weighted by atomic mass is 16.1. The number of amides is 1. The van der Waals surface area contributed by atoms with Gasteiger partial charge in [0.15, 0.2) is 0 Å². The molecular weight excluding hydrogens is 212 g/mol. The molecule has 2 atom stereocenters. The van der Waals surface area contributed by atoms with Gasteiger partial charge >= 0.3 is 0 Å². The quantitative estimate of drug-likeness (QED) is 0.841. The molecule has 2 rings (SSSR count). The maximum absolute atomic E-state index is 11.9. The van der Waals surface area contributed by atoms with Crippen LogP contribution in [0.25, 0.3) is 0 Å². The van der Waals surface area contributed by atoms with Crippen molar-refractivity contribution in [1.29, 1.82) is 0 Å². The zero-order chi connectivity index (χ0) is 12.3. The van der Waals surface area contributed by atoms with E-state index in [1.807, 2.05) is 31.2 Å². The van der Waals surface area contributed by atoms with Crippen molar-refractivity contribution in [3.63, 3.8) is 0 Å². The highest BCUT2D eigenvalue weighted by Crippen LogP contribution is 2.27. The molecule has 3 N–H and O–H groups in total.